The smallest absolute Gasteiger partial charge is 0.240 e. The van der Waals surface area contributed by atoms with Crippen LogP contribution in [0.4, 0.5) is 17.1 Å². The van der Waals surface area contributed by atoms with Gasteiger partial charge in [-0.1, -0.05) is 12.1 Å². The van der Waals surface area contributed by atoms with E-state index >= 15 is 0 Å². The summed E-state index contributed by atoms with van der Waals surface area (Å²) in [5, 5.41) is 5.87. The molecule has 1 aliphatic carbocycles. The van der Waals surface area contributed by atoms with Gasteiger partial charge in [-0.15, -0.1) is 0 Å². The largest absolute Gasteiger partial charge is 0.372 e. The van der Waals surface area contributed by atoms with Crippen LogP contribution in [0.5, 0.6) is 0 Å². The van der Waals surface area contributed by atoms with Gasteiger partial charge in [0.2, 0.25) is 11.8 Å². The molecule has 1 aliphatic rings. The van der Waals surface area contributed by atoms with E-state index in [9.17, 15) is 9.59 Å². The number of anilines is 3. The molecule has 148 valence electrons. The van der Waals surface area contributed by atoms with Crippen LogP contribution in [-0.2, 0) is 9.59 Å². The maximum atomic E-state index is 12.8. The number of nitrogens with zero attached hydrogens (tertiary/aromatic N) is 1. The van der Waals surface area contributed by atoms with Gasteiger partial charge < -0.3 is 15.5 Å². The number of benzene rings is 2. The molecule has 2 N–H and O–H groups in total. The van der Waals surface area contributed by atoms with E-state index in [0.717, 1.165) is 35.6 Å². The molecule has 3 rings (SSSR count). The molecule has 1 fully saturated rings. The van der Waals surface area contributed by atoms with E-state index in [1.807, 2.05) is 56.3 Å². The van der Waals surface area contributed by atoms with Gasteiger partial charge in [0.1, 0.15) is 5.41 Å². The molecule has 0 atom stereocenters. The summed E-state index contributed by atoms with van der Waals surface area (Å²) in [6.07, 6.45) is 1.15. The van der Waals surface area contributed by atoms with Gasteiger partial charge in [0.25, 0.3) is 0 Å². The van der Waals surface area contributed by atoms with E-state index in [1.54, 1.807) is 0 Å². The summed E-state index contributed by atoms with van der Waals surface area (Å²) in [7, 11) is 0. The summed E-state index contributed by atoms with van der Waals surface area (Å²) in [5.41, 5.74) is 3.78. The molecule has 2 aromatic carbocycles. The molecule has 1 saturated carbocycles. The van der Waals surface area contributed by atoms with Gasteiger partial charge in [-0.25, -0.2) is 0 Å². The lowest BCUT2D eigenvalue weighted by atomic mass is 10.0. The van der Waals surface area contributed by atoms with Crippen molar-refractivity contribution < 1.29 is 9.59 Å². The van der Waals surface area contributed by atoms with Crippen LogP contribution in [0.2, 0.25) is 0 Å². The van der Waals surface area contributed by atoms with E-state index in [1.165, 1.54) is 0 Å². The van der Waals surface area contributed by atoms with Gasteiger partial charge in [0.05, 0.1) is 0 Å². The van der Waals surface area contributed by atoms with Gasteiger partial charge in [0, 0.05) is 30.2 Å². The minimum absolute atomic E-state index is 0.224. The summed E-state index contributed by atoms with van der Waals surface area (Å²) in [6.45, 7) is 10.1. The fraction of sp³-hybridized carbons (Fsp3) is 0.391. The minimum Gasteiger partial charge on any atom is -0.372 e. The monoisotopic (exact) mass is 379 g/mol. The zero-order chi connectivity index (χ0) is 20.3. The maximum absolute atomic E-state index is 12.8. The van der Waals surface area contributed by atoms with Crippen LogP contribution >= 0.6 is 0 Å². The van der Waals surface area contributed by atoms with Crippen LogP contribution in [0.25, 0.3) is 0 Å². The van der Waals surface area contributed by atoms with Crippen molar-refractivity contribution in [3.63, 3.8) is 0 Å². The minimum atomic E-state index is -0.965. The Bertz CT molecular complexity index is 866. The molecule has 0 radical (unpaired) electrons. The topological polar surface area (TPSA) is 61.4 Å². The zero-order valence-electron chi connectivity index (χ0n) is 17.1. The van der Waals surface area contributed by atoms with Crippen molar-refractivity contribution in [2.24, 2.45) is 5.41 Å². The predicted octanol–water partition coefficient (Wildman–Crippen LogP) is 4.51. The number of carbonyl (C=O) groups excluding carboxylic acids is 2. The van der Waals surface area contributed by atoms with Crippen LogP contribution in [0, 0.1) is 19.3 Å². The first-order valence-corrected chi connectivity index (χ1v) is 9.95. The second kappa shape index (κ2) is 8.05. The molecule has 0 spiro atoms. The number of rotatable bonds is 7. The lowest BCUT2D eigenvalue weighted by Crippen LogP contribution is -2.35. The molecule has 28 heavy (non-hydrogen) atoms. The van der Waals surface area contributed by atoms with E-state index in [4.69, 9.17) is 0 Å². The third-order valence-corrected chi connectivity index (χ3v) is 5.73. The summed E-state index contributed by atoms with van der Waals surface area (Å²) in [4.78, 5) is 27.9. The highest BCUT2D eigenvalue weighted by atomic mass is 16.2. The molecule has 5 heteroatoms. The van der Waals surface area contributed by atoms with Crippen molar-refractivity contribution in [1.29, 1.82) is 0 Å². The van der Waals surface area contributed by atoms with Gasteiger partial charge in [-0.05, 0) is 82.0 Å². The Morgan fingerprint density at radius 2 is 1.54 bits per heavy atom. The Balaban J connectivity index is 1.68. The predicted molar refractivity (Wildman–Crippen MR) is 115 cm³/mol. The molecule has 0 aromatic heterocycles. The first kappa shape index (κ1) is 19.9. The van der Waals surface area contributed by atoms with Crippen LogP contribution < -0.4 is 15.5 Å². The Labute approximate surface area is 167 Å². The van der Waals surface area contributed by atoms with E-state index in [0.29, 0.717) is 18.5 Å². The zero-order valence-corrected chi connectivity index (χ0v) is 17.1. The van der Waals surface area contributed by atoms with E-state index < -0.39 is 5.41 Å². The Morgan fingerprint density at radius 3 is 2.11 bits per heavy atom. The average Bonchev–Trinajstić information content (AvgIpc) is 3.50. The summed E-state index contributed by atoms with van der Waals surface area (Å²) in [6, 6.07) is 13.6. The molecular formula is C23H29N3O2. The summed E-state index contributed by atoms with van der Waals surface area (Å²) in [5.74, 6) is -0.454. The summed E-state index contributed by atoms with van der Waals surface area (Å²) >= 11 is 0. The molecule has 0 saturated heterocycles. The van der Waals surface area contributed by atoms with Crippen LogP contribution in [0.3, 0.4) is 0 Å². The third-order valence-electron chi connectivity index (χ3n) is 5.73. The van der Waals surface area contributed by atoms with Gasteiger partial charge >= 0.3 is 0 Å². The summed E-state index contributed by atoms with van der Waals surface area (Å²) < 4.78 is 0. The molecule has 0 heterocycles. The van der Waals surface area contributed by atoms with Crippen molar-refractivity contribution in [2.75, 3.05) is 28.6 Å². The van der Waals surface area contributed by atoms with Crippen molar-refractivity contribution >= 4 is 28.9 Å². The number of hydrogen-bond acceptors (Lipinski definition) is 3. The highest BCUT2D eigenvalue weighted by Gasteiger charge is 2.56. The highest BCUT2D eigenvalue weighted by Crippen LogP contribution is 2.47. The molecule has 0 aliphatic heterocycles. The molecule has 0 bridgehead atoms. The molecule has 0 unspecified atom stereocenters. The SMILES string of the molecule is CCN(CC)c1ccc(NC(=O)C2(C(=O)Nc3cccc(C)c3C)CC2)cc1. The van der Waals surface area contributed by atoms with Crippen molar-refractivity contribution in [3.05, 3.63) is 53.6 Å². The van der Waals surface area contributed by atoms with E-state index in [-0.39, 0.29) is 11.8 Å². The first-order valence-electron chi connectivity index (χ1n) is 9.95. The van der Waals surface area contributed by atoms with Gasteiger partial charge in [-0.2, -0.15) is 0 Å². The number of nitrogens with one attached hydrogen (secondary N) is 2. The molecule has 2 amide bonds. The van der Waals surface area contributed by atoms with Crippen molar-refractivity contribution in [3.8, 4) is 0 Å². The molecule has 2 aromatic rings. The van der Waals surface area contributed by atoms with Crippen LogP contribution in [0.15, 0.2) is 42.5 Å². The Kier molecular flexibility index (Phi) is 5.73. The molecular weight excluding hydrogens is 350 g/mol. The second-order valence-electron chi connectivity index (χ2n) is 7.46. The normalized spacial score (nSPS) is 14.3. The lowest BCUT2D eigenvalue weighted by Gasteiger charge is -2.21. The maximum Gasteiger partial charge on any atom is 0.240 e. The van der Waals surface area contributed by atoms with Crippen LogP contribution in [0.1, 0.15) is 37.8 Å². The first-order chi connectivity index (χ1) is 13.4. The van der Waals surface area contributed by atoms with Gasteiger partial charge in [-0.3, -0.25) is 9.59 Å². The van der Waals surface area contributed by atoms with Crippen molar-refractivity contribution in [2.45, 2.75) is 40.5 Å². The number of hydrogen-bond donors (Lipinski definition) is 2. The standard InChI is InChI=1S/C23H29N3O2/c1-5-26(6-2)19-12-10-18(11-13-19)24-21(27)23(14-15-23)22(28)25-20-9-7-8-16(3)17(20)4/h7-13H,5-6,14-15H2,1-4H3,(H,24,27)(H,25,28). The number of aryl methyl sites for hydroxylation is 1. The van der Waals surface area contributed by atoms with Crippen molar-refractivity contribution in [1.82, 2.24) is 0 Å². The number of amides is 2. The fourth-order valence-corrected chi connectivity index (χ4v) is 3.41. The van der Waals surface area contributed by atoms with Gasteiger partial charge in [0.15, 0.2) is 0 Å². The number of carbonyl (C=O) groups is 2. The van der Waals surface area contributed by atoms with E-state index in [2.05, 4.69) is 29.4 Å². The highest BCUT2D eigenvalue weighted by molar-refractivity contribution is 6.17. The average molecular weight is 380 g/mol. The van der Waals surface area contributed by atoms with Crippen LogP contribution in [-0.4, -0.2) is 24.9 Å². The Hall–Kier alpha value is -2.82. The second-order valence-corrected chi connectivity index (χ2v) is 7.46. The quantitative estimate of drug-likeness (QED) is 0.696. The fourth-order valence-electron chi connectivity index (χ4n) is 3.41. The Morgan fingerprint density at radius 1 is 0.929 bits per heavy atom. The lowest BCUT2D eigenvalue weighted by molar-refractivity contribution is -0.131. The molecule has 5 nitrogen and oxygen atoms in total. The third kappa shape index (κ3) is 3.88.